The van der Waals surface area contributed by atoms with E-state index in [1.54, 1.807) is 24.6 Å². The van der Waals surface area contributed by atoms with Gasteiger partial charge in [-0.05, 0) is 48.7 Å². The minimum Gasteiger partial charge on any atom is -0.497 e. The van der Waals surface area contributed by atoms with E-state index >= 15 is 0 Å². The largest absolute Gasteiger partial charge is 0.497 e. The first-order chi connectivity index (χ1) is 9.80. The van der Waals surface area contributed by atoms with E-state index < -0.39 is 0 Å². The minimum absolute atomic E-state index is 0.859. The molecule has 20 heavy (non-hydrogen) atoms. The summed E-state index contributed by atoms with van der Waals surface area (Å²) in [7, 11) is 1.68. The first-order valence-electron chi connectivity index (χ1n) is 6.22. The molecule has 1 aromatic heterocycles. The number of hydrogen-bond donors (Lipinski definition) is 1. The van der Waals surface area contributed by atoms with Crippen molar-refractivity contribution >= 4 is 27.2 Å². The molecule has 100 valence electrons. The SMILES string of the molecule is C=CNc1ccc(-c2nc3ccc(OC)cc3s2)cc1. The van der Waals surface area contributed by atoms with Crippen LogP contribution < -0.4 is 10.1 Å². The highest BCUT2D eigenvalue weighted by molar-refractivity contribution is 7.21. The zero-order valence-electron chi connectivity index (χ0n) is 11.1. The number of benzene rings is 2. The fourth-order valence-electron chi connectivity index (χ4n) is 1.98. The summed E-state index contributed by atoms with van der Waals surface area (Å²) in [5.41, 5.74) is 3.13. The van der Waals surface area contributed by atoms with Crippen molar-refractivity contribution in [3.63, 3.8) is 0 Å². The summed E-state index contributed by atoms with van der Waals surface area (Å²) in [5, 5.41) is 4.07. The van der Waals surface area contributed by atoms with E-state index in [1.165, 1.54) is 0 Å². The smallest absolute Gasteiger partial charge is 0.124 e. The minimum atomic E-state index is 0.859. The molecule has 3 rings (SSSR count). The summed E-state index contributed by atoms with van der Waals surface area (Å²) in [6.07, 6.45) is 1.67. The lowest BCUT2D eigenvalue weighted by molar-refractivity contribution is 0.415. The second-order valence-corrected chi connectivity index (χ2v) is 5.31. The third-order valence-corrected chi connectivity index (χ3v) is 4.06. The molecule has 3 aromatic rings. The van der Waals surface area contributed by atoms with Gasteiger partial charge in [0.1, 0.15) is 10.8 Å². The molecule has 0 saturated carbocycles. The van der Waals surface area contributed by atoms with Gasteiger partial charge in [0.05, 0.1) is 17.3 Å². The number of methoxy groups -OCH3 is 1. The highest BCUT2D eigenvalue weighted by atomic mass is 32.1. The number of anilines is 1. The van der Waals surface area contributed by atoms with Crippen molar-refractivity contribution in [1.29, 1.82) is 0 Å². The van der Waals surface area contributed by atoms with Crippen LogP contribution in [0, 0.1) is 0 Å². The molecular formula is C16H14N2OS. The zero-order chi connectivity index (χ0) is 13.9. The molecule has 0 saturated heterocycles. The van der Waals surface area contributed by atoms with E-state index in [1.807, 2.05) is 30.3 Å². The highest BCUT2D eigenvalue weighted by Gasteiger charge is 2.07. The Morgan fingerprint density at radius 1 is 1.20 bits per heavy atom. The molecule has 0 fully saturated rings. The first kappa shape index (κ1) is 12.7. The molecular weight excluding hydrogens is 268 g/mol. The van der Waals surface area contributed by atoms with Crippen molar-refractivity contribution in [3.05, 3.63) is 55.2 Å². The molecule has 3 nitrogen and oxygen atoms in total. The maximum atomic E-state index is 5.24. The maximum absolute atomic E-state index is 5.24. The standard InChI is InChI=1S/C16H14N2OS/c1-3-17-12-6-4-11(5-7-12)16-18-14-9-8-13(19-2)10-15(14)20-16/h3-10,17H,1H2,2H3. The average Bonchev–Trinajstić information content (AvgIpc) is 2.91. The molecule has 0 spiro atoms. The van der Waals surface area contributed by atoms with Crippen LogP contribution >= 0.6 is 11.3 Å². The van der Waals surface area contributed by atoms with Crippen molar-refractivity contribution in [2.45, 2.75) is 0 Å². The van der Waals surface area contributed by atoms with E-state index in [9.17, 15) is 0 Å². The van der Waals surface area contributed by atoms with Crippen molar-refractivity contribution < 1.29 is 4.74 Å². The predicted molar refractivity (Wildman–Crippen MR) is 85.4 cm³/mol. The summed E-state index contributed by atoms with van der Waals surface area (Å²) >= 11 is 1.67. The zero-order valence-corrected chi connectivity index (χ0v) is 11.9. The third-order valence-electron chi connectivity index (χ3n) is 3.00. The van der Waals surface area contributed by atoms with Gasteiger partial charge in [-0.3, -0.25) is 0 Å². The number of aromatic nitrogens is 1. The molecule has 0 aliphatic carbocycles. The van der Waals surface area contributed by atoms with Crippen LogP contribution in [0.1, 0.15) is 0 Å². The Balaban J connectivity index is 1.98. The second-order valence-electron chi connectivity index (χ2n) is 4.28. The number of ether oxygens (including phenoxy) is 1. The highest BCUT2D eigenvalue weighted by Crippen LogP contribution is 2.32. The summed E-state index contributed by atoms with van der Waals surface area (Å²) in [6, 6.07) is 14.1. The van der Waals surface area contributed by atoms with E-state index in [0.717, 1.165) is 32.2 Å². The van der Waals surface area contributed by atoms with Gasteiger partial charge in [0.15, 0.2) is 0 Å². The van der Waals surface area contributed by atoms with Gasteiger partial charge in [0.25, 0.3) is 0 Å². The predicted octanol–water partition coefficient (Wildman–Crippen LogP) is 4.53. The fourth-order valence-corrected chi connectivity index (χ4v) is 2.98. The monoisotopic (exact) mass is 282 g/mol. The second kappa shape index (κ2) is 5.35. The van der Waals surface area contributed by atoms with Crippen molar-refractivity contribution in [3.8, 4) is 16.3 Å². The first-order valence-corrected chi connectivity index (χ1v) is 7.04. The van der Waals surface area contributed by atoms with Crippen LogP contribution in [0.3, 0.4) is 0 Å². The number of hydrogen-bond acceptors (Lipinski definition) is 4. The van der Waals surface area contributed by atoms with Crippen molar-refractivity contribution in [1.82, 2.24) is 4.98 Å². The van der Waals surface area contributed by atoms with Gasteiger partial charge >= 0.3 is 0 Å². The van der Waals surface area contributed by atoms with Crippen LogP contribution in [0.2, 0.25) is 0 Å². The van der Waals surface area contributed by atoms with Crippen LogP contribution in [0.4, 0.5) is 5.69 Å². The van der Waals surface area contributed by atoms with Gasteiger partial charge in [-0.1, -0.05) is 6.58 Å². The molecule has 0 aliphatic rings. The molecule has 0 unspecified atom stereocenters. The molecule has 4 heteroatoms. The maximum Gasteiger partial charge on any atom is 0.124 e. The topological polar surface area (TPSA) is 34.2 Å². The lowest BCUT2D eigenvalue weighted by Crippen LogP contribution is -1.85. The van der Waals surface area contributed by atoms with Gasteiger partial charge in [-0.15, -0.1) is 11.3 Å². The van der Waals surface area contributed by atoms with E-state index in [4.69, 9.17) is 4.74 Å². The van der Waals surface area contributed by atoms with Crippen LogP contribution in [-0.2, 0) is 0 Å². The Hall–Kier alpha value is -2.33. The van der Waals surface area contributed by atoms with Gasteiger partial charge < -0.3 is 10.1 Å². The lowest BCUT2D eigenvalue weighted by atomic mass is 10.2. The summed E-state index contributed by atoms with van der Waals surface area (Å²) in [6.45, 7) is 3.65. The summed E-state index contributed by atoms with van der Waals surface area (Å²) < 4.78 is 6.37. The Kier molecular flexibility index (Phi) is 3.39. The van der Waals surface area contributed by atoms with E-state index in [-0.39, 0.29) is 0 Å². The van der Waals surface area contributed by atoms with Gasteiger partial charge in [0, 0.05) is 11.3 Å². The summed E-state index contributed by atoms with van der Waals surface area (Å²) in [5.74, 6) is 0.859. The summed E-state index contributed by atoms with van der Waals surface area (Å²) in [4.78, 5) is 4.66. The fraction of sp³-hybridized carbons (Fsp3) is 0.0625. The number of thiazole rings is 1. The van der Waals surface area contributed by atoms with Crippen molar-refractivity contribution in [2.75, 3.05) is 12.4 Å². The third kappa shape index (κ3) is 2.38. The molecule has 0 bridgehead atoms. The lowest BCUT2D eigenvalue weighted by Gasteiger charge is -2.00. The Bertz CT molecular complexity index is 747. The Morgan fingerprint density at radius 3 is 2.70 bits per heavy atom. The average molecular weight is 282 g/mol. The Labute approximate surface area is 121 Å². The molecule has 0 aliphatic heterocycles. The van der Waals surface area contributed by atoms with E-state index in [0.29, 0.717) is 0 Å². The van der Waals surface area contributed by atoms with Gasteiger partial charge in [0.2, 0.25) is 0 Å². The van der Waals surface area contributed by atoms with Crippen molar-refractivity contribution in [2.24, 2.45) is 0 Å². The van der Waals surface area contributed by atoms with Gasteiger partial charge in [-0.2, -0.15) is 0 Å². The molecule has 1 heterocycles. The number of nitrogens with one attached hydrogen (secondary N) is 1. The van der Waals surface area contributed by atoms with Crippen LogP contribution in [-0.4, -0.2) is 12.1 Å². The molecule has 0 radical (unpaired) electrons. The molecule has 2 aromatic carbocycles. The van der Waals surface area contributed by atoms with Crippen LogP contribution in [0.15, 0.2) is 55.2 Å². The van der Waals surface area contributed by atoms with Gasteiger partial charge in [-0.25, -0.2) is 4.98 Å². The molecule has 1 N–H and O–H groups in total. The van der Waals surface area contributed by atoms with E-state index in [2.05, 4.69) is 29.0 Å². The number of nitrogens with zero attached hydrogens (tertiary/aromatic N) is 1. The normalized spacial score (nSPS) is 10.4. The van der Waals surface area contributed by atoms with Crippen LogP contribution in [0.25, 0.3) is 20.8 Å². The molecule has 0 amide bonds. The Morgan fingerprint density at radius 2 is 2.00 bits per heavy atom. The quantitative estimate of drug-likeness (QED) is 0.763. The number of fused-ring (bicyclic) bond motifs is 1. The number of rotatable bonds is 4. The van der Waals surface area contributed by atoms with Crippen LogP contribution in [0.5, 0.6) is 5.75 Å². The molecule has 0 atom stereocenters.